The number of halogens is 4. The van der Waals surface area contributed by atoms with Crippen molar-refractivity contribution in [3.63, 3.8) is 0 Å². The normalized spacial score (nSPS) is 14.8. The van der Waals surface area contributed by atoms with Gasteiger partial charge in [-0.1, -0.05) is 88.7 Å². The van der Waals surface area contributed by atoms with Crippen molar-refractivity contribution in [2.75, 3.05) is 0 Å². The number of rotatable bonds is 7. The molecule has 0 aromatic heterocycles. The lowest BCUT2D eigenvalue weighted by Crippen LogP contribution is -2.50. The highest BCUT2D eigenvalue weighted by Crippen LogP contribution is 2.36. The molecule has 3 rings (SSSR count). The molecule has 8 heteroatoms. The molecule has 0 aliphatic carbocycles. The third-order valence-corrected chi connectivity index (χ3v) is 7.09. The van der Waals surface area contributed by atoms with Crippen molar-refractivity contribution in [1.29, 1.82) is 0 Å². The van der Waals surface area contributed by atoms with Gasteiger partial charge in [-0.25, -0.2) is 8.93 Å². The summed E-state index contributed by atoms with van der Waals surface area (Å²) in [5, 5.41) is 0. The Hall–Kier alpha value is -2.29. The Labute approximate surface area is 209 Å². The van der Waals surface area contributed by atoms with Gasteiger partial charge in [-0.3, -0.25) is 4.99 Å². The minimum absolute atomic E-state index is 0.347. The van der Waals surface area contributed by atoms with Crippen LogP contribution in [0.5, 0.6) is 0 Å². The number of hydrogen-bond donors (Lipinski definition) is 1. The van der Waals surface area contributed by atoms with Crippen LogP contribution in [0.4, 0.5) is 13.2 Å². The van der Waals surface area contributed by atoms with Crippen molar-refractivity contribution in [2.45, 2.75) is 43.8 Å². The topological polar surface area (TPSA) is 41.5 Å². The second-order valence-corrected chi connectivity index (χ2v) is 11.6. The zero-order valence-electron chi connectivity index (χ0n) is 19.0. The van der Waals surface area contributed by atoms with Crippen molar-refractivity contribution in [1.82, 2.24) is 4.72 Å². The molecule has 0 spiro atoms. The molecule has 0 heterocycles. The van der Waals surface area contributed by atoms with Crippen molar-refractivity contribution in [3.05, 3.63) is 106 Å². The fraction of sp³-hybridized carbons (Fsp3) is 0.269. The van der Waals surface area contributed by atoms with E-state index in [0.29, 0.717) is 26.9 Å². The Morgan fingerprint density at radius 2 is 1.41 bits per heavy atom. The largest absolute Gasteiger partial charge is 0.407 e. The van der Waals surface area contributed by atoms with Crippen LogP contribution in [-0.2, 0) is 11.0 Å². The summed E-state index contributed by atoms with van der Waals surface area (Å²) < 4.78 is 58.3. The van der Waals surface area contributed by atoms with Gasteiger partial charge in [-0.2, -0.15) is 13.2 Å². The van der Waals surface area contributed by atoms with Crippen LogP contribution >= 0.6 is 15.9 Å². The molecular weight excluding hydrogens is 525 g/mol. The van der Waals surface area contributed by atoms with Crippen molar-refractivity contribution < 1.29 is 17.4 Å². The second-order valence-electron chi connectivity index (χ2n) is 8.73. The van der Waals surface area contributed by atoms with Gasteiger partial charge < -0.3 is 0 Å². The molecule has 1 N–H and O–H groups in total. The first-order valence-corrected chi connectivity index (χ1v) is 12.6. The molecule has 0 fully saturated rings. The molecule has 0 saturated heterocycles. The number of nitrogens with zero attached hydrogens (tertiary/aromatic N) is 1. The molecule has 0 aliphatic heterocycles. The summed E-state index contributed by atoms with van der Waals surface area (Å²) in [6, 6.07) is 21.2. The fourth-order valence-corrected chi connectivity index (χ4v) is 4.54. The highest BCUT2D eigenvalue weighted by Gasteiger charge is 2.47. The summed E-state index contributed by atoms with van der Waals surface area (Å²) in [6.07, 6.45) is -4.71. The van der Waals surface area contributed by atoms with E-state index < -0.39 is 34.0 Å². The Morgan fingerprint density at radius 3 is 1.85 bits per heavy atom. The summed E-state index contributed by atoms with van der Waals surface area (Å²) in [7, 11) is -1.97. The van der Waals surface area contributed by atoms with E-state index in [1.807, 2.05) is 60.7 Å². The average Bonchev–Trinajstić information content (AvgIpc) is 2.78. The Balaban J connectivity index is 2.25. The molecule has 1 unspecified atom stereocenters. The number of aliphatic imine (C=N–C) groups is 1. The molecule has 0 saturated carbocycles. The second kappa shape index (κ2) is 11.0. The van der Waals surface area contributed by atoms with Gasteiger partial charge in [-0.05, 0) is 38.5 Å². The van der Waals surface area contributed by atoms with Gasteiger partial charge in [0.2, 0.25) is 0 Å². The number of hydrogen-bond acceptors (Lipinski definition) is 2. The predicted molar refractivity (Wildman–Crippen MR) is 136 cm³/mol. The first-order chi connectivity index (χ1) is 16.0. The number of alkyl halides is 3. The van der Waals surface area contributed by atoms with Gasteiger partial charge in [0.05, 0.1) is 21.4 Å². The van der Waals surface area contributed by atoms with Crippen molar-refractivity contribution in [2.24, 2.45) is 4.99 Å². The van der Waals surface area contributed by atoms with Gasteiger partial charge >= 0.3 is 6.18 Å². The van der Waals surface area contributed by atoms with Gasteiger partial charge in [0.15, 0.2) is 0 Å². The van der Waals surface area contributed by atoms with Crippen LogP contribution in [-0.4, -0.2) is 26.9 Å². The third-order valence-electron chi connectivity index (χ3n) is 5.01. The lowest BCUT2D eigenvalue weighted by molar-refractivity contribution is -0.155. The molecule has 0 radical (unpaired) electrons. The summed E-state index contributed by atoms with van der Waals surface area (Å²) in [5.41, 5.74) is 2.14. The molecule has 0 aliphatic rings. The quantitative estimate of drug-likeness (QED) is 0.316. The molecule has 3 atom stereocenters. The Morgan fingerprint density at radius 1 is 0.882 bits per heavy atom. The maximum atomic E-state index is 14.5. The first kappa shape index (κ1) is 26.3. The van der Waals surface area contributed by atoms with Gasteiger partial charge in [0.1, 0.15) is 12.1 Å². The first-order valence-electron chi connectivity index (χ1n) is 10.7. The lowest BCUT2D eigenvalue weighted by atomic mass is 9.97. The van der Waals surface area contributed by atoms with E-state index >= 15 is 0 Å². The smallest absolute Gasteiger partial charge is 0.274 e. The van der Waals surface area contributed by atoms with Gasteiger partial charge in [-0.15, -0.1) is 0 Å². The Bertz CT molecular complexity index is 1100. The third kappa shape index (κ3) is 6.87. The van der Waals surface area contributed by atoms with E-state index in [1.165, 1.54) is 0 Å². The highest BCUT2D eigenvalue weighted by molar-refractivity contribution is 9.10. The maximum Gasteiger partial charge on any atom is 0.407 e. The van der Waals surface area contributed by atoms with E-state index in [-0.39, 0.29) is 0 Å². The van der Waals surface area contributed by atoms with Crippen LogP contribution in [0.3, 0.4) is 0 Å². The van der Waals surface area contributed by atoms with Crippen LogP contribution in [0.1, 0.15) is 43.5 Å². The molecule has 0 amide bonds. The average molecular weight is 551 g/mol. The molecular formula is C26H26BrF3N2OS. The lowest BCUT2D eigenvalue weighted by Gasteiger charge is -2.31. The summed E-state index contributed by atoms with van der Waals surface area (Å²) in [4.78, 5) is 4.71. The SMILES string of the molecule is CC(C)(C)S(=O)N[C@@H]([C@H](N=C(c1ccccc1)c1ccccc1)c1cccc(Br)c1)C(F)(F)F. The zero-order valence-corrected chi connectivity index (χ0v) is 21.4. The number of nitrogens with one attached hydrogen (secondary N) is 1. The van der Waals surface area contributed by atoms with Crippen molar-refractivity contribution in [3.8, 4) is 0 Å². The number of benzene rings is 3. The van der Waals surface area contributed by atoms with Crippen molar-refractivity contribution >= 4 is 32.6 Å². The zero-order chi connectivity index (χ0) is 24.9. The fourth-order valence-electron chi connectivity index (χ4n) is 3.28. The molecule has 3 nitrogen and oxygen atoms in total. The molecule has 180 valence electrons. The monoisotopic (exact) mass is 550 g/mol. The van der Waals surface area contributed by atoms with Crippen LogP contribution in [0.2, 0.25) is 0 Å². The predicted octanol–water partition coefficient (Wildman–Crippen LogP) is 7.01. The summed E-state index contributed by atoms with van der Waals surface area (Å²) in [6.45, 7) is 4.88. The molecule has 34 heavy (non-hydrogen) atoms. The van der Waals surface area contributed by atoms with E-state index in [0.717, 1.165) is 0 Å². The molecule has 3 aromatic carbocycles. The van der Waals surface area contributed by atoms with Crippen LogP contribution in [0, 0.1) is 0 Å². The van der Waals surface area contributed by atoms with Gasteiger partial charge in [0.25, 0.3) is 0 Å². The van der Waals surface area contributed by atoms with Gasteiger partial charge in [0, 0.05) is 15.6 Å². The molecule has 0 bridgehead atoms. The standard InChI is InChI=1S/C26H26BrF3N2OS/c1-25(2,3)34(33)32-24(26(28,29)30)23(20-15-10-16-21(27)17-20)31-22(18-11-6-4-7-12-18)19-13-8-5-9-14-19/h4-17,23-24,32H,1-3H3/t23-,24+,34?/m1/s1. The van der Waals surface area contributed by atoms with E-state index in [1.54, 1.807) is 45.0 Å². The minimum Gasteiger partial charge on any atom is -0.274 e. The van der Waals surface area contributed by atoms with Crippen LogP contribution in [0.25, 0.3) is 0 Å². The Kier molecular flexibility index (Phi) is 8.49. The van der Waals surface area contributed by atoms with E-state index in [4.69, 9.17) is 4.99 Å². The van der Waals surface area contributed by atoms with Crippen LogP contribution in [0.15, 0.2) is 94.4 Å². The highest BCUT2D eigenvalue weighted by atomic mass is 79.9. The summed E-state index contributed by atoms with van der Waals surface area (Å²) in [5.74, 6) is 0. The molecule has 3 aromatic rings. The van der Waals surface area contributed by atoms with Crippen LogP contribution < -0.4 is 4.72 Å². The maximum absolute atomic E-state index is 14.5. The minimum atomic E-state index is -4.71. The van der Waals surface area contributed by atoms with E-state index in [2.05, 4.69) is 20.7 Å². The summed E-state index contributed by atoms with van der Waals surface area (Å²) >= 11 is 3.36. The van der Waals surface area contributed by atoms with E-state index in [9.17, 15) is 17.4 Å².